The highest BCUT2D eigenvalue weighted by Gasteiger charge is 2.15. The van der Waals surface area contributed by atoms with Crippen LogP contribution < -0.4 is 0 Å². The van der Waals surface area contributed by atoms with Crippen LogP contribution in [0.25, 0.3) is 10.8 Å². The average molecular weight is 257 g/mol. The van der Waals surface area contributed by atoms with E-state index in [1.54, 1.807) is 6.07 Å². The highest BCUT2D eigenvalue weighted by atomic mass is 16.3. The van der Waals surface area contributed by atoms with Crippen LogP contribution in [-0.2, 0) is 12.0 Å². The lowest BCUT2D eigenvalue weighted by Gasteiger charge is -2.20. The standard InChI is InChI=1S/C17H23NO/c1-17(2,3)13-7-8-14-12(10-13)6-9-16(19)15(14)11-18(4)5/h6-10,19H,11H2,1-5H3. The second kappa shape index (κ2) is 4.86. The van der Waals surface area contributed by atoms with E-state index in [9.17, 15) is 5.11 Å². The van der Waals surface area contributed by atoms with E-state index in [-0.39, 0.29) is 5.41 Å². The van der Waals surface area contributed by atoms with E-state index in [2.05, 4.69) is 43.9 Å². The zero-order valence-electron chi connectivity index (χ0n) is 12.5. The van der Waals surface area contributed by atoms with Crippen LogP contribution in [0.1, 0.15) is 31.9 Å². The van der Waals surface area contributed by atoms with E-state index < -0.39 is 0 Å². The Bertz CT molecular complexity index is 594. The van der Waals surface area contributed by atoms with Gasteiger partial charge in [-0.3, -0.25) is 0 Å². The number of hydrogen-bond donors (Lipinski definition) is 1. The summed E-state index contributed by atoms with van der Waals surface area (Å²) in [6, 6.07) is 10.3. The van der Waals surface area contributed by atoms with Crippen molar-refractivity contribution >= 4 is 10.8 Å². The van der Waals surface area contributed by atoms with Gasteiger partial charge < -0.3 is 10.0 Å². The van der Waals surface area contributed by atoms with Gasteiger partial charge in [-0.2, -0.15) is 0 Å². The fraction of sp³-hybridized carbons (Fsp3) is 0.412. The molecule has 19 heavy (non-hydrogen) atoms. The molecule has 2 aromatic rings. The molecule has 0 aliphatic heterocycles. The van der Waals surface area contributed by atoms with Gasteiger partial charge in [0, 0.05) is 12.1 Å². The molecule has 2 nitrogen and oxygen atoms in total. The molecule has 2 aromatic carbocycles. The molecule has 0 unspecified atom stereocenters. The minimum Gasteiger partial charge on any atom is -0.508 e. The van der Waals surface area contributed by atoms with Gasteiger partial charge in [0.05, 0.1) is 0 Å². The Labute approximate surface area is 115 Å². The Morgan fingerprint density at radius 1 is 1.05 bits per heavy atom. The third-order valence-corrected chi connectivity index (χ3v) is 3.45. The first-order chi connectivity index (χ1) is 8.79. The quantitative estimate of drug-likeness (QED) is 0.882. The van der Waals surface area contributed by atoms with Crippen molar-refractivity contribution in [3.8, 4) is 5.75 Å². The maximum Gasteiger partial charge on any atom is 0.120 e. The van der Waals surface area contributed by atoms with Crippen LogP contribution in [-0.4, -0.2) is 24.1 Å². The van der Waals surface area contributed by atoms with Gasteiger partial charge in [-0.1, -0.05) is 45.0 Å². The Morgan fingerprint density at radius 2 is 1.74 bits per heavy atom. The van der Waals surface area contributed by atoms with Crippen molar-refractivity contribution in [3.05, 3.63) is 41.5 Å². The monoisotopic (exact) mass is 257 g/mol. The molecule has 0 aliphatic carbocycles. The van der Waals surface area contributed by atoms with Crippen molar-refractivity contribution in [2.45, 2.75) is 32.7 Å². The molecular formula is C17H23NO. The van der Waals surface area contributed by atoms with Crippen LogP contribution in [0.2, 0.25) is 0 Å². The Balaban J connectivity index is 2.61. The number of phenols is 1. The summed E-state index contributed by atoms with van der Waals surface area (Å²) in [7, 11) is 4.03. The highest BCUT2D eigenvalue weighted by Crippen LogP contribution is 2.31. The van der Waals surface area contributed by atoms with Gasteiger partial charge in [0.2, 0.25) is 0 Å². The zero-order chi connectivity index (χ0) is 14.2. The third kappa shape index (κ3) is 2.90. The fourth-order valence-corrected chi connectivity index (χ4v) is 2.33. The Morgan fingerprint density at radius 3 is 2.32 bits per heavy atom. The normalized spacial score (nSPS) is 12.3. The molecule has 0 bridgehead atoms. The molecule has 0 heterocycles. The maximum atomic E-state index is 10.1. The molecule has 0 spiro atoms. The number of aromatic hydroxyl groups is 1. The molecule has 0 aromatic heterocycles. The van der Waals surface area contributed by atoms with E-state index in [4.69, 9.17) is 0 Å². The summed E-state index contributed by atoms with van der Waals surface area (Å²) in [6.07, 6.45) is 0. The van der Waals surface area contributed by atoms with Gasteiger partial charge in [0.1, 0.15) is 5.75 Å². The highest BCUT2D eigenvalue weighted by molar-refractivity contribution is 5.88. The molecule has 1 N–H and O–H groups in total. The molecule has 0 amide bonds. The number of nitrogens with zero attached hydrogens (tertiary/aromatic N) is 1. The summed E-state index contributed by atoms with van der Waals surface area (Å²) >= 11 is 0. The van der Waals surface area contributed by atoms with Crippen LogP contribution in [0.15, 0.2) is 30.3 Å². The van der Waals surface area contributed by atoms with Gasteiger partial charge in [-0.15, -0.1) is 0 Å². The minimum absolute atomic E-state index is 0.147. The maximum absolute atomic E-state index is 10.1. The van der Waals surface area contributed by atoms with Crippen LogP contribution in [0.4, 0.5) is 0 Å². The minimum atomic E-state index is 0.147. The van der Waals surface area contributed by atoms with Gasteiger partial charge in [-0.05, 0) is 41.9 Å². The number of hydrogen-bond acceptors (Lipinski definition) is 2. The summed E-state index contributed by atoms with van der Waals surface area (Å²) in [5.41, 5.74) is 2.47. The van der Waals surface area contributed by atoms with Crippen molar-refractivity contribution in [1.29, 1.82) is 0 Å². The molecule has 2 heteroatoms. The number of phenolic OH excluding ortho intramolecular Hbond substituents is 1. The molecule has 0 saturated heterocycles. The summed E-state index contributed by atoms with van der Waals surface area (Å²) in [4.78, 5) is 2.08. The predicted molar refractivity (Wildman–Crippen MR) is 81.7 cm³/mol. The molecule has 102 valence electrons. The fourth-order valence-electron chi connectivity index (χ4n) is 2.33. The topological polar surface area (TPSA) is 23.5 Å². The third-order valence-electron chi connectivity index (χ3n) is 3.45. The van der Waals surface area contributed by atoms with E-state index in [0.29, 0.717) is 5.75 Å². The van der Waals surface area contributed by atoms with Gasteiger partial charge in [-0.25, -0.2) is 0 Å². The first-order valence-corrected chi connectivity index (χ1v) is 6.69. The molecule has 0 saturated carbocycles. The van der Waals surface area contributed by atoms with Crippen molar-refractivity contribution in [3.63, 3.8) is 0 Å². The van der Waals surface area contributed by atoms with Crippen molar-refractivity contribution < 1.29 is 5.11 Å². The summed E-state index contributed by atoms with van der Waals surface area (Å²) in [5, 5.41) is 12.4. The molecule has 0 fully saturated rings. The van der Waals surface area contributed by atoms with E-state index in [0.717, 1.165) is 17.5 Å². The van der Waals surface area contributed by atoms with Crippen molar-refractivity contribution in [1.82, 2.24) is 4.90 Å². The molecular weight excluding hydrogens is 234 g/mol. The predicted octanol–water partition coefficient (Wildman–Crippen LogP) is 3.90. The first kappa shape index (κ1) is 13.9. The lowest BCUT2D eigenvalue weighted by Crippen LogP contribution is -2.12. The van der Waals surface area contributed by atoms with E-state index >= 15 is 0 Å². The van der Waals surface area contributed by atoms with Gasteiger partial charge in [0.15, 0.2) is 0 Å². The second-order valence-corrected chi connectivity index (χ2v) is 6.49. The van der Waals surface area contributed by atoms with Crippen molar-refractivity contribution in [2.75, 3.05) is 14.1 Å². The molecule has 0 aliphatic rings. The van der Waals surface area contributed by atoms with Crippen molar-refractivity contribution in [2.24, 2.45) is 0 Å². The summed E-state index contributed by atoms with van der Waals surface area (Å²) in [6.45, 7) is 7.40. The average Bonchev–Trinajstić information content (AvgIpc) is 2.30. The molecule has 0 atom stereocenters. The number of benzene rings is 2. The molecule has 2 rings (SSSR count). The largest absolute Gasteiger partial charge is 0.508 e. The summed E-state index contributed by atoms with van der Waals surface area (Å²) in [5.74, 6) is 0.379. The van der Waals surface area contributed by atoms with Crippen LogP contribution in [0, 0.1) is 0 Å². The molecule has 0 radical (unpaired) electrons. The first-order valence-electron chi connectivity index (χ1n) is 6.69. The van der Waals surface area contributed by atoms with Crippen LogP contribution >= 0.6 is 0 Å². The van der Waals surface area contributed by atoms with Gasteiger partial charge in [0.25, 0.3) is 0 Å². The zero-order valence-corrected chi connectivity index (χ0v) is 12.5. The van der Waals surface area contributed by atoms with E-state index in [1.807, 2.05) is 20.2 Å². The Kier molecular flexibility index (Phi) is 3.55. The summed E-state index contributed by atoms with van der Waals surface area (Å²) < 4.78 is 0. The van der Waals surface area contributed by atoms with Crippen LogP contribution in [0.5, 0.6) is 5.75 Å². The number of rotatable bonds is 2. The number of fused-ring (bicyclic) bond motifs is 1. The lowest BCUT2D eigenvalue weighted by molar-refractivity contribution is 0.388. The van der Waals surface area contributed by atoms with Crippen LogP contribution in [0.3, 0.4) is 0 Å². The smallest absolute Gasteiger partial charge is 0.120 e. The van der Waals surface area contributed by atoms with Gasteiger partial charge >= 0.3 is 0 Å². The Hall–Kier alpha value is -1.54. The lowest BCUT2D eigenvalue weighted by atomic mass is 9.85. The second-order valence-electron chi connectivity index (χ2n) is 6.49. The van der Waals surface area contributed by atoms with E-state index in [1.165, 1.54) is 10.9 Å². The SMILES string of the molecule is CN(C)Cc1c(O)ccc2cc(C(C)(C)C)ccc12.